The third-order valence-electron chi connectivity index (χ3n) is 4.63. The van der Waals surface area contributed by atoms with Crippen molar-refractivity contribution in [3.8, 4) is 0 Å². The first kappa shape index (κ1) is 14.5. The molecule has 4 nitrogen and oxygen atoms in total. The van der Waals surface area contributed by atoms with Gasteiger partial charge in [-0.15, -0.1) is 6.58 Å². The number of carboxylic acid groups (broad SMARTS) is 2. The van der Waals surface area contributed by atoms with Crippen LogP contribution in [0.3, 0.4) is 0 Å². The van der Waals surface area contributed by atoms with Gasteiger partial charge in [0.1, 0.15) is 0 Å². The van der Waals surface area contributed by atoms with Gasteiger partial charge in [0, 0.05) is 5.41 Å². The van der Waals surface area contributed by atoms with E-state index in [0.717, 1.165) is 0 Å². The van der Waals surface area contributed by atoms with Gasteiger partial charge in [0.15, 0.2) is 5.41 Å². The summed E-state index contributed by atoms with van der Waals surface area (Å²) >= 11 is 0. The van der Waals surface area contributed by atoms with Crippen LogP contribution in [0.1, 0.15) is 33.1 Å². The van der Waals surface area contributed by atoms with E-state index in [2.05, 4.69) is 13.2 Å². The molecule has 0 heterocycles. The molecule has 100 valence electrons. The third-order valence-corrected chi connectivity index (χ3v) is 4.63. The average Bonchev–Trinajstić information content (AvgIpc) is 2.59. The van der Waals surface area contributed by atoms with Gasteiger partial charge in [-0.3, -0.25) is 9.59 Å². The Morgan fingerprint density at radius 1 is 1.33 bits per heavy atom. The zero-order chi connectivity index (χ0) is 14.1. The molecule has 0 bridgehead atoms. The Hall–Kier alpha value is -1.58. The molecular weight excluding hydrogens is 232 g/mol. The van der Waals surface area contributed by atoms with Crippen LogP contribution in [-0.2, 0) is 9.59 Å². The number of carbonyl (C=O) groups is 2. The van der Waals surface area contributed by atoms with Gasteiger partial charge in [-0.2, -0.15) is 0 Å². The minimum Gasteiger partial charge on any atom is -0.480 e. The fourth-order valence-electron chi connectivity index (χ4n) is 3.49. The van der Waals surface area contributed by atoms with Crippen molar-refractivity contribution in [3.05, 3.63) is 24.8 Å². The molecule has 1 fully saturated rings. The maximum absolute atomic E-state index is 11.6. The van der Waals surface area contributed by atoms with Crippen LogP contribution in [0.5, 0.6) is 0 Å². The Bertz CT molecular complexity index is 390. The molecule has 1 aliphatic carbocycles. The van der Waals surface area contributed by atoms with Crippen molar-refractivity contribution in [2.24, 2.45) is 16.7 Å². The molecule has 4 heteroatoms. The first-order valence-corrected chi connectivity index (χ1v) is 6.12. The second-order valence-electron chi connectivity index (χ2n) is 4.88. The Morgan fingerprint density at radius 3 is 2.00 bits per heavy atom. The number of carboxylic acids is 2. The standard InChI is InChI=1S/C14H20O4/c1-5-10-8-14(11(15)16,12(17)18)13(6-2,7-3)9(10)4/h5,10H,1,4,6-8H2,2-3H3,(H,15,16)(H,17,18). The maximum Gasteiger partial charge on any atom is 0.322 e. The number of hydrogen-bond acceptors (Lipinski definition) is 2. The molecule has 0 aliphatic heterocycles. The van der Waals surface area contributed by atoms with E-state index in [9.17, 15) is 19.8 Å². The summed E-state index contributed by atoms with van der Waals surface area (Å²) in [6.07, 6.45) is 2.55. The largest absolute Gasteiger partial charge is 0.480 e. The van der Waals surface area contributed by atoms with Gasteiger partial charge in [-0.05, 0) is 25.2 Å². The van der Waals surface area contributed by atoms with E-state index in [1.807, 2.05) is 13.8 Å². The summed E-state index contributed by atoms with van der Waals surface area (Å²) in [5.74, 6) is -2.80. The van der Waals surface area contributed by atoms with E-state index in [-0.39, 0.29) is 12.3 Å². The lowest BCUT2D eigenvalue weighted by Crippen LogP contribution is -2.50. The normalized spacial score (nSPS) is 24.8. The molecule has 1 rings (SSSR count). The first-order valence-electron chi connectivity index (χ1n) is 6.12. The van der Waals surface area contributed by atoms with Gasteiger partial charge in [-0.25, -0.2) is 0 Å². The summed E-state index contributed by atoms with van der Waals surface area (Å²) in [5.41, 5.74) is -2.00. The molecule has 0 aromatic heterocycles. The van der Waals surface area contributed by atoms with Crippen molar-refractivity contribution < 1.29 is 19.8 Å². The number of hydrogen-bond donors (Lipinski definition) is 2. The Kier molecular flexibility index (Phi) is 3.70. The molecule has 0 amide bonds. The van der Waals surface area contributed by atoms with Gasteiger partial charge in [-0.1, -0.05) is 32.1 Å². The van der Waals surface area contributed by atoms with Gasteiger partial charge < -0.3 is 10.2 Å². The summed E-state index contributed by atoms with van der Waals surface area (Å²) in [4.78, 5) is 23.3. The molecule has 0 spiro atoms. The predicted octanol–water partition coefficient (Wildman–Crippen LogP) is 2.71. The highest BCUT2D eigenvalue weighted by Crippen LogP contribution is 2.62. The zero-order valence-corrected chi connectivity index (χ0v) is 10.9. The van der Waals surface area contributed by atoms with Gasteiger partial charge >= 0.3 is 11.9 Å². The topological polar surface area (TPSA) is 74.6 Å². The number of allylic oxidation sites excluding steroid dienone is 2. The lowest BCUT2D eigenvalue weighted by atomic mass is 9.61. The highest BCUT2D eigenvalue weighted by Gasteiger charge is 2.67. The highest BCUT2D eigenvalue weighted by molar-refractivity contribution is 6.00. The van der Waals surface area contributed by atoms with Crippen molar-refractivity contribution in [3.63, 3.8) is 0 Å². The van der Waals surface area contributed by atoms with Crippen LogP contribution < -0.4 is 0 Å². The molecule has 0 radical (unpaired) electrons. The van der Waals surface area contributed by atoms with Gasteiger partial charge in [0.05, 0.1) is 0 Å². The summed E-state index contributed by atoms with van der Waals surface area (Å²) in [5, 5.41) is 19.0. The molecule has 1 unspecified atom stereocenters. The van der Waals surface area contributed by atoms with Crippen molar-refractivity contribution >= 4 is 11.9 Å². The van der Waals surface area contributed by atoms with Crippen LogP contribution in [0.4, 0.5) is 0 Å². The van der Waals surface area contributed by atoms with Crippen molar-refractivity contribution in [1.82, 2.24) is 0 Å². The molecule has 2 N–H and O–H groups in total. The Labute approximate surface area is 107 Å². The maximum atomic E-state index is 11.6. The van der Waals surface area contributed by atoms with E-state index in [1.165, 1.54) is 0 Å². The average molecular weight is 252 g/mol. The van der Waals surface area contributed by atoms with Crippen LogP contribution >= 0.6 is 0 Å². The molecule has 1 atom stereocenters. The summed E-state index contributed by atoms with van der Waals surface area (Å²) in [7, 11) is 0. The van der Waals surface area contributed by atoms with Crippen LogP contribution in [0.15, 0.2) is 24.8 Å². The number of aliphatic carboxylic acids is 2. The third kappa shape index (κ3) is 1.44. The summed E-state index contributed by atoms with van der Waals surface area (Å²) in [6, 6.07) is 0. The van der Waals surface area contributed by atoms with Crippen LogP contribution in [0, 0.1) is 16.7 Å². The van der Waals surface area contributed by atoms with Gasteiger partial charge in [0.25, 0.3) is 0 Å². The molecule has 0 aromatic carbocycles. The smallest absolute Gasteiger partial charge is 0.322 e. The van der Waals surface area contributed by atoms with Crippen molar-refractivity contribution in [1.29, 1.82) is 0 Å². The van der Waals surface area contributed by atoms with E-state index >= 15 is 0 Å². The minimum absolute atomic E-state index is 0.0433. The van der Waals surface area contributed by atoms with Crippen LogP contribution in [0.2, 0.25) is 0 Å². The summed E-state index contributed by atoms with van der Waals surface area (Å²) in [6.45, 7) is 11.3. The lowest BCUT2D eigenvalue weighted by Gasteiger charge is -2.39. The van der Waals surface area contributed by atoms with E-state index in [4.69, 9.17) is 0 Å². The Balaban J connectivity index is 3.57. The highest BCUT2D eigenvalue weighted by atomic mass is 16.4. The van der Waals surface area contributed by atoms with E-state index in [1.54, 1.807) is 6.08 Å². The second kappa shape index (κ2) is 4.59. The fourth-order valence-corrected chi connectivity index (χ4v) is 3.49. The molecule has 0 saturated heterocycles. The lowest BCUT2D eigenvalue weighted by molar-refractivity contribution is -0.173. The van der Waals surface area contributed by atoms with E-state index < -0.39 is 22.8 Å². The van der Waals surface area contributed by atoms with Crippen molar-refractivity contribution in [2.75, 3.05) is 0 Å². The minimum atomic E-state index is -1.79. The van der Waals surface area contributed by atoms with Crippen molar-refractivity contribution in [2.45, 2.75) is 33.1 Å². The van der Waals surface area contributed by atoms with E-state index in [0.29, 0.717) is 18.4 Å². The quantitative estimate of drug-likeness (QED) is 0.582. The molecule has 0 aromatic rings. The first-order chi connectivity index (χ1) is 8.33. The monoisotopic (exact) mass is 252 g/mol. The molecular formula is C14H20O4. The number of rotatable bonds is 5. The zero-order valence-electron chi connectivity index (χ0n) is 10.9. The fraction of sp³-hybridized carbons (Fsp3) is 0.571. The second-order valence-corrected chi connectivity index (χ2v) is 4.88. The van der Waals surface area contributed by atoms with Gasteiger partial charge in [0.2, 0.25) is 0 Å². The molecule has 1 aliphatic rings. The van der Waals surface area contributed by atoms with Crippen LogP contribution in [-0.4, -0.2) is 22.2 Å². The summed E-state index contributed by atoms with van der Waals surface area (Å²) < 4.78 is 0. The molecule has 1 saturated carbocycles. The van der Waals surface area contributed by atoms with Crippen LogP contribution in [0.25, 0.3) is 0 Å². The molecule has 18 heavy (non-hydrogen) atoms. The Morgan fingerprint density at radius 2 is 1.78 bits per heavy atom. The predicted molar refractivity (Wildman–Crippen MR) is 68.2 cm³/mol. The SMILES string of the molecule is C=CC1CC(C(=O)O)(C(=O)O)C(CC)(CC)C1=C.